The Hall–Kier alpha value is -3.27. The number of alkyl halides is 2. The lowest BCUT2D eigenvalue weighted by Crippen LogP contribution is -2.48. The Morgan fingerprint density at radius 3 is 2.45 bits per heavy atom. The number of ether oxygens (including phenoxy) is 1. The predicted molar refractivity (Wildman–Crippen MR) is 134 cm³/mol. The molecule has 1 saturated heterocycles. The van der Waals surface area contributed by atoms with Gasteiger partial charge in [-0.25, -0.2) is 23.1 Å². The van der Waals surface area contributed by atoms with Gasteiger partial charge in [-0.3, -0.25) is 0 Å². The third-order valence-electron chi connectivity index (χ3n) is 7.22. The summed E-state index contributed by atoms with van der Waals surface area (Å²) in [5.41, 5.74) is 1.28. The fourth-order valence-corrected chi connectivity index (χ4v) is 5.16. The molecule has 0 radical (unpaired) electrons. The standard InChI is InChI=1S/C28H29F5N4O/c1-16(2)37-15-28(32,33)38-27-22(30)12-19(13-24(27)37)26-23(31)14-34-25(35-26)11-17-4-5-20(21(29)10-17)18-6-8-36(3)9-7-18/h4-5,10,12-14,16,18H,6-9,11,15H2,1-3H3. The van der Waals surface area contributed by atoms with Gasteiger partial charge in [0.25, 0.3) is 0 Å². The predicted octanol–water partition coefficient (Wildman–Crippen LogP) is 6.16. The second-order valence-corrected chi connectivity index (χ2v) is 10.4. The van der Waals surface area contributed by atoms with Gasteiger partial charge in [0.2, 0.25) is 0 Å². The molecule has 2 aromatic carbocycles. The number of likely N-dealkylation sites (tertiary alicyclic amines) is 1. The third-order valence-corrected chi connectivity index (χ3v) is 7.22. The SMILES string of the molecule is CC(C)N1CC(F)(F)Oc2c(F)cc(-c3nc(Cc4ccc(C5CCN(C)CC5)c(F)c4)ncc3F)cc21. The van der Waals surface area contributed by atoms with Gasteiger partial charge in [-0.2, -0.15) is 8.78 Å². The van der Waals surface area contributed by atoms with Crippen LogP contribution in [-0.4, -0.2) is 53.7 Å². The van der Waals surface area contributed by atoms with E-state index in [0.717, 1.165) is 38.2 Å². The molecule has 0 N–H and O–H groups in total. The lowest BCUT2D eigenvalue weighted by atomic mass is 9.88. The van der Waals surface area contributed by atoms with E-state index < -0.39 is 36.1 Å². The average molecular weight is 533 g/mol. The summed E-state index contributed by atoms with van der Waals surface area (Å²) in [5, 5.41) is 0. The smallest absolute Gasteiger partial charge is 0.416 e. The van der Waals surface area contributed by atoms with Gasteiger partial charge in [0.15, 0.2) is 17.4 Å². The molecule has 2 aliphatic rings. The van der Waals surface area contributed by atoms with Gasteiger partial charge < -0.3 is 14.5 Å². The number of piperidine rings is 1. The number of nitrogens with zero attached hydrogens (tertiary/aromatic N) is 4. The highest BCUT2D eigenvalue weighted by atomic mass is 19.3. The van der Waals surface area contributed by atoms with Gasteiger partial charge in [0.1, 0.15) is 23.9 Å². The molecule has 3 aromatic rings. The maximum atomic E-state index is 15.0. The highest BCUT2D eigenvalue weighted by molar-refractivity contribution is 5.72. The second-order valence-electron chi connectivity index (χ2n) is 10.4. The van der Waals surface area contributed by atoms with Crippen molar-refractivity contribution in [2.75, 3.05) is 31.6 Å². The van der Waals surface area contributed by atoms with Crippen molar-refractivity contribution in [2.24, 2.45) is 0 Å². The van der Waals surface area contributed by atoms with Crippen LogP contribution < -0.4 is 9.64 Å². The molecular weight excluding hydrogens is 503 g/mol. The summed E-state index contributed by atoms with van der Waals surface area (Å²) >= 11 is 0. The molecule has 10 heteroatoms. The summed E-state index contributed by atoms with van der Waals surface area (Å²) in [7, 11) is 2.05. The number of aromatic nitrogens is 2. The molecule has 5 rings (SSSR count). The van der Waals surface area contributed by atoms with Gasteiger partial charge in [0, 0.05) is 18.0 Å². The van der Waals surface area contributed by atoms with Crippen LogP contribution in [0.2, 0.25) is 0 Å². The van der Waals surface area contributed by atoms with Crippen molar-refractivity contribution in [3.05, 3.63) is 70.9 Å². The molecule has 0 bridgehead atoms. The van der Waals surface area contributed by atoms with Gasteiger partial charge >= 0.3 is 6.11 Å². The van der Waals surface area contributed by atoms with E-state index in [2.05, 4.69) is 26.7 Å². The maximum absolute atomic E-state index is 15.0. The average Bonchev–Trinajstić information content (AvgIpc) is 2.85. The molecule has 0 unspecified atom stereocenters. The molecule has 1 aromatic heterocycles. The van der Waals surface area contributed by atoms with Crippen LogP contribution >= 0.6 is 0 Å². The monoisotopic (exact) mass is 532 g/mol. The third kappa shape index (κ3) is 5.32. The molecule has 0 spiro atoms. The molecule has 202 valence electrons. The molecule has 0 saturated carbocycles. The van der Waals surface area contributed by atoms with Crippen molar-refractivity contribution in [3.8, 4) is 17.0 Å². The molecule has 0 atom stereocenters. The summed E-state index contributed by atoms with van der Waals surface area (Å²) in [6, 6.07) is 6.98. The van der Waals surface area contributed by atoms with Crippen molar-refractivity contribution in [2.45, 2.75) is 51.2 Å². The molecule has 0 aliphatic carbocycles. The summed E-state index contributed by atoms with van der Waals surface area (Å²) < 4.78 is 77.4. The van der Waals surface area contributed by atoms with Crippen LogP contribution in [0.4, 0.5) is 27.6 Å². The zero-order valence-corrected chi connectivity index (χ0v) is 21.4. The summed E-state index contributed by atoms with van der Waals surface area (Å²) in [5.74, 6) is -2.34. The molecule has 1 fully saturated rings. The van der Waals surface area contributed by atoms with Gasteiger partial charge in [0.05, 0.1) is 11.9 Å². The number of benzene rings is 2. The lowest BCUT2D eigenvalue weighted by Gasteiger charge is -2.38. The van der Waals surface area contributed by atoms with Crippen LogP contribution in [0.25, 0.3) is 11.3 Å². The number of fused-ring (bicyclic) bond motifs is 1. The highest BCUT2D eigenvalue weighted by Crippen LogP contribution is 2.43. The zero-order valence-electron chi connectivity index (χ0n) is 21.4. The Bertz CT molecular complexity index is 1340. The van der Waals surface area contributed by atoms with Crippen molar-refractivity contribution in [1.82, 2.24) is 14.9 Å². The quantitative estimate of drug-likeness (QED) is 0.368. The minimum atomic E-state index is -3.56. The van der Waals surface area contributed by atoms with E-state index >= 15 is 0 Å². The number of hydrogen-bond donors (Lipinski definition) is 0. The molecule has 5 nitrogen and oxygen atoms in total. The van der Waals surface area contributed by atoms with E-state index in [1.165, 1.54) is 17.0 Å². The zero-order chi connectivity index (χ0) is 27.2. The minimum absolute atomic E-state index is 0.0608. The Morgan fingerprint density at radius 1 is 1.03 bits per heavy atom. The number of rotatable bonds is 5. The van der Waals surface area contributed by atoms with E-state index in [-0.39, 0.29) is 40.9 Å². The maximum Gasteiger partial charge on any atom is 0.416 e. The number of anilines is 1. The molecular formula is C28H29F5N4O. The van der Waals surface area contributed by atoms with Gasteiger partial charge in [-0.15, -0.1) is 0 Å². The molecule has 0 amide bonds. The Kier molecular flexibility index (Phi) is 7.02. The molecule has 3 heterocycles. The van der Waals surface area contributed by atoms with E-state index in [9.17, 15) is 22.0 Å². The Balaban J connectivity index is 1.43. The van der Waals surface area contributed by atoms with Crippen molar-refractivity contribution >= 4 is 5.69 Å². The van der Waals surface area contributed by atoms with Crippen LogP contribution in [0.15, 0.2) is 36.5 Å². The summed E-state index contributed by atoms with van der Waals surface area (Å²) in [6.45, 7) is 4.46. The van der Waals surface area contributed by atoms with Gasteiger partial charge in [-0.1, -0.05) is 12.1 Å². The van der Waals surface area contributed by atoms with E-state index in [4.69, 9.17) is 0 Å². The molecule has 2 aliphatic heterocycles. The summed E-state index contributed by atoms with van der Waals surface area (Å²) in [4.78, 5) is 11.9. The van der Waals surface area contributed by atoms with Crippen LogP contribution in [0.3, 0.4) is 0 Å². The molecule has 38 heavy (non-hydrogen) atoms. The Morgan fingerprint density at radius 2 is 1.76 bits per heavy atom. The first-order chi connectivity index (χ1) is 18.0. The fraction of sp³-hybridized carbons (Fsp3) is 0.429. The first kappa shape index (κ1) is 26.3. The topological polar surface area (TPSA) is 41.5 Å². The normalized spacial score (nSPS) is 18.0. The highest BCUT2D eigenvalue weighted by Gasteiger charge is 2.43. The number of halogens is 5. The Labute approximate surface area is 218 Å². The van der Waals surface area contributed by atoms with Crippen LogP contribution in [0.1, 0.15) is 49.6 Å². The summed E-state index contributed by atoms with van der Waals surface area (Å²) in [6.07, 6.45) is -0.663. The van der Waals surface area contributed by atoms with Crippen molar-refractivity contribution in [3.63, 3.8) is 0 Å². The van der Waals surface area contributed by atoms with Crippen LogP contribution in [0.5, 0.6) is 5.75 Å². The van der Waals surface area contributed by atoms with E-state index in [1.54, 1.807) is 19.9 Å². The lowest BCUT2D eigenvalue weighted by molar-refractivity contribution is -0.174. The van der Waals surface area contributed by atoms with E-state index in [1.807, 2.05) is 6.07 Å². The van der Waals surface area contributed by atoms with Crippen LogP contribution in [-0.2, 0) is 6.42 Å². The minimum Gasteiger partial charge on any atom is -0.426 e. The first-order valence-corrected chi connectivity index (χ1v) is 12.7. The van der Waals surface area contributed by atoms with E-state index in [0.29, 0.717) is 11.1 Å². The largest absolute Gasteiger partial charge is 0.426 e. The van der Waals surface area contributed by atoms with Crippen LogP contribution in [0, 0.1) is 17.5 Å². The van der Waals surface area contributed by atoms with Crippen molar-refractivity contribution in [1.29, 1.82) is 0 Å². The first-order valence-electron chi connectivity index (χ1n) is 12.7. The van der Waals surface area contributed by atoms with Gasteiger partial charge in [-0.05, 0) is 82.1 Å². The number of hydrogen-bond acceptors (Lipinski definition) is 5. The fourth-order valence-electron chi connectivity index (χ4n) is 5.16. The second kappa shape index (κ2) is 10.1. The van der Waals surface area contributed by atoms with Crippen molar-refractivity contribution < 1.29 is 26.7 Å².